The zero-order valence-corrected chi connectivity index (χ0v) is 8.41. The maximum Gasteiger partial charge on any atom is 0.240 e. The first kappa shape index (κ1) is 9.94. The monoisotopic (exact) mass is 244 g/mol. The molecule has 6 heteroatoms. The second-order valence-corrected chi connectivity index (χ2v) is 2.95. The SMILES string of the molecule is C=CCOc1nc(NN)ncc1Br. The zero-order chi connectivity index (χ0) is 9.68. The lowest BCUT2D eigenvalue weighted by atomic mass is 10.6. The lowest BCUT2D eigenvalue weighted by Crippen LogP contribution is -2.11. The van der Waals surface area contributed by atoms with Crippen LogP contribution in [0.3, 0.4) is 0 Å². The van der Waals surface area contributed by atoms with Gasteiger partial charge in [0.15, 0.2) is 0 Å². The number of ether oxygens (including phenoxy) is 1. The van der Waals surface area contributed by atoms with Crippen LogP contribution in [0.2, 0.25) is 0 Å². The largest absolute Gasteiger partial charge is 0.473 e. The number of rotatable bonds is 4. The molecule has 1 aromatic heterocycles. The number of hydrazine groups is 1. The number of nitrogens with two attached hydrogens (primary N) is 1. The number of hydrogen-bond acceptors (Lipinski definition) is 5. The van der Waals surface area contributed by atoms with Gasteiger partial charge in [-0.05, 0) is 15.9 Å². The van der Waals surface area contributed by atoms with E-state index in [0.717, 1.165) is 0 Å². The third-order valence-electron chi connectivity index (χ3n) is 1.18. The van der Waals surface area contributed by atoms with Gasteiger partial charge >= 0.3 is 0 Å². The third-order valence-corrected chi connectivity index (χ3v) is 1.72. The van der Waals surface area contributed by atoms with Gasteiger partial charge in [0.25, 0.3) is 0 Å². The van der Waals surface area contributed by atoms with Crippen LogP contribution in [0.25, 0.3) is 0 Å². The van der Waals surface area contributed by atoms with Gasteiger partial charge in [-0.15, -0.1) is 0 Å². The van der Waals surface area contributed by atoms with Crippen molar-refractivity contribution in [3.63, 3.8) is 0 Å². The summed E-state index contributed by atoms with van der Waals surface area (Å²) in [4.78, 5) is 7.83. The molecule has 0 atom stereocenters. The van der Waals surface area contributed by atoms with Crippen LogP contribution in [0.1, 0.15) is 0 Å². The van der Waals surface area contributed by atoms with Crippen LogP contribution in [-0.4, -0.2) is 16.6 Å². The van der Waals surface area contributed by atoms with E-state index >= 15 is 0 Å². The van der Waals surface area contributed by atoms with Crippen molar-refractivity contribution < 1.29 is 4.74 Å². The molecule has 0 aliphatic rings. The van der Waals surface area contributed by atoms with Crippen LogP contribution < -0.4 is 16.0 Å². The lowest BCUT2D eigenvalue weighted by Gasteiger charge is -2.05. The molecule has 0 fully saturated rings. The molecule has 0 aliphatic heterocycles. The zero-order valence-electron chi connectivity index (χ0n) is 6.83. The average Bonchev–Trinajstić information content (AvgIpc) is 2.17. The van der Waals surface area contributed by atoms with Crippen molar-refractivity contribution in [1.29, 1.82) is 0 Å². The van der Waals surface area contributed by atoms with Crippen molar-refractivity contribution in [2.24, 2.45) is 5.84 Å². The van der Waals surface area contributed by atoms with Crippen LogP contribution in [0.15, 0.2) is 23.3 Å². The first-order valence-corrected chi connectivity index (χ1v) is 4.30. The second kappa shape index (κ2) is 4.78. The quantitative estimate of drug-likeness (QED) is 0.472. The predicted octanol–water partition coefficient (Wildman–Crippen LogP) is 1.09. The minimum Gasteiger partial charge on any atom is -0.473 e. The van der Waals surface area contributed by atoms with Crippen molar-refractivity contribution >= 4 is 21.9 Å². The summed E-state index contributed by atoms with van der Waals surface area (Å²) in [6.07, 6.45) is 3.19. The molecular formula is C7H9BrN4O. The fourth-order valence-corrected chi connectivity index (χ4v) is 0.966. The van der Waals surface area contributed by atoms with Crippen molar-refractivity contribution in [2.45, 2.75) is 0 Å². The number of nitrogen functional groups attached to an aromatic ring is 1. The smallest absolute Gasteiger partial charge is 0.240 e. The standard InChI is InChI=1S/C7H9BrN4O/c1-2-3-13-6-5(8)4-10-7(11-6)12-9/h2,4H,1,3,9H2,(H,10,11,12). The van der Waals surface area contributed by atoms with E-state index in [4.69, 9.17) is 10.6 Å². The maximum atomic E-state index is 5.22. The van der Waals surface area contributed by atoms with Crippen LogP contribution in [0, 0.1) is 0 Å². The van der Waals surface area contributed by atoms with E-state index in [1.54, 1.807) is 12.3 Å². The van der Waals surface area contributed by atoms with E-state index in [1.807, 2.05) is 0 Å². The van der Waals surface area contributed by atoms with Gasteiger partial charge in [-0.2, -0.15) is 4.98 Å². The average molecular weight is 245 g/mol. The number of nitrogens with zero attached hydrogens (tertiary/aromatic N) is 2. The number of nitrogens with one attached hydrogen (secondary N) is 1. The van der Waals surface area contributed by atoms with E-state index in [0.29, 0.717) is 22.9 Å². The van der Waals surface area contributed by atoms with E-state index < -0.39 is 0 Å². The molecule has 0 saturated carbocycles. The highest BCUT2D eigenvalue weighted by atomic mass is 79.9. The Morgan fingerprint density at radius 1 is 1.77 bits per heavy atom. The molecule has 1 aromatic rings. The molecule has 13 heavy (non-hydrogen) atoms. The van der Waals surface area contributed by atoms with E-state index in [9.17, 15) is 0 Å². The summed E-state index contributed by atoms with van der Waals surface area (Å²) in [5.74, 6) is 5.87. The predicted molar refractivity (Wildman–Crippen MR) is 53.2 cm³/mol. The van der Waals surface area contributed by atoms with Crippen LogP contribution >= 0.6 is 15.9 Å². The second-order valence-electron chi connectivity index (χ2n) is 2.09. The molecular weight excluding hydrogens is 236 g/mol. The topological polar surface area (TPSA) is 73.1 Å². The Bertz CT molecular complexity index is 305. The summed E-state index contributed by atoms with van der Waals surface area (Å²) in [7, 11) is 0. The number of anilines is 1. The molecule has 0 unspecified atom stereocenters. The van der Waals surface area contributed by atoms with E-state index in [2.05, 4.69) is 37.9 Å². The summed E-state index contributed by atoms with van der Waals surface area (Å²) in [6, 6.07) is 0. The molecule has 0 spiro atoms. The Kier molecular flexibility index (Phi) is 3.66. The first-order chi connectivity index (χ1) is 6.27. The molecule has 0 aromatic carbocycles. The van der Waals surface area contributed by atoms with Gasteiger partial charge in [0, 0.05) is 0 Å². The molecule has 0 saturated heterocycles. The highest BCUT2D eigenvalue weighted by Gasteiger charge is 2.03. The van der Waals surface area contributed by atoms with Gasteiger partial charge in [-0.25, -0.2) is 10.8 Å². The summed E-state index contributed by atoms with van der Waals surface area (Å²) in [5, 5.41) is 0. The van der Waals surface area contributed by atoms with Gasteiger partial charge in [0.1, 0.15) is 6.61 Å². The van der Waals surface area contributed by atoms with Gasteiger partial charge < -0.3 is 4.74 Å². The summed E-state index contributed by atoms with van der Waals surface area (Å²) >= 11 is 3.24. The van der Waals surface area contributed by atoms with E-state index in [1.165, 1.54) is 0 Å². The Morgan fingerprint density at radius 3 is 3.15 bits per heavy atom. The van der Waals surface area contributed by atoms with Gasteiger partial charge in [0.05, 0.1) is 10.7 Å². The molecule has 70 valence electrons. The molecule has 1 heterocycles. The van der Waals surface area contributed by atoms with Crippen LogP contribution in [-0.2, 0) is 0 Å². The number of halogens is 1. The molecule has 0 aliphatic carbocycles. The molecule has 1 rings (SSSR count). The van der Waals surface area contributed by atoms with Crippen molar-refractivity contribution in [3.8, 4) is 5.88 Å². The summed E-state index contributed by atoms with van der Waals surface area (Å²) in [6.45, 7) is 3.91. The molecule has 0 amide bonds. The normalized spacial score (nSPS) is 9.38. The third kappa shape index (κ3) is 2.67. The fourth-order valence-electron chi connectivity index (χ4n) is 0.660. The first-order valence-electron chi connectivity index (χ1n) is 3.50. The van der Waals surface area contributed by atoms with Gasteiger partial charge in [0.2, 0.25) is 11.8 Å². The summed E-state index contributed by atoms with van der Waals surface area (Å²) in [5.41, 5.74) is 2.32. The highest BCUT2D eigenvalue weighted by molar-refractivity contribution is 9.10. The number of hydrogen-bond donors (Lipinski definition) is 2. The number of aromatic nitrogens is 2. The molecule has 3 N–H and O–H groups in total. The Hall–Kier alpha value is -1.14. The van der Waals surface area contributed by atoms with Crippen LogP contribution in [0.4, 0.5) is 5.95 Å². The highest BCUT2D eigenvalue weighted by Crippen LogP contribution is 2.21. The van der Waals surface area contributed by atoms with Crippen molar-refractivity contribution in [3.05, 3.63) is 23.3 Å². The van der Waals surface area contributed by atoms with Gasteiger partial charge in [-0.3, -0.25) is 5.43 Å². The molecule has 5 nitrogen and oxygen atoms in total. The molecule has 0 bridgehead atoms. The fraction of sp³-hybridized carbons (Fsp3) is 0.143. The Balaban J connectivity index is 2.83. The van der Waals surface area contributed by atoms with Crippen molar-refractivity contribution in [1.82, 2.24) is 9.97 Å². The van der Waals surface area contributed by atoms with Gasteiger partial charge in [-0.1, -0.05) is 12.7 Å². The van der Waals surface area contributed by atoms with E-state index in [-0.39, 0.29) is 0 Å². The minimum absolute atomic E-state index is 0.308. The van der Waals surface area contributed by atoms with Crippen LogP contribution in [0.5, 0.6) is 5.88 Å². The summed E-state index contributed by atoms with van der Waals surface area (Å²) < 4.78 is 5.89. The maximum absolute atomic E-state index is 5.22. The van der Waals surface area contributed by atoms with Crippen molar-refractivity contribution in [2.75, 3.05) is 12.0 Å². The molecule has 0 radical (unpaired) electrons. The Labute approximate surface area is 84.1 Å². The lowest BCUT2D eigenvalue weighted by molar-refractivity contribution is 0.346. The minimum atomic E-state index is 0.308. The Morgan fingerprint density at radius 2 is 2.54 bits per heavy atom.